The van der Waals surface area contributed by atoms with Crippen LogP contribution in [0, 0.1) is 6.92 Å². The molecule has 1 N–H and O–H groups in total. The van der Waals surface area contributed by atoms with Gasteiger partial charge in [0.15, 0.2) is 5.76 Å². The zero-order valence-electron chi connectivity index (χ0n) is 14.4. The maximum absolute atomic E-state index is 11.7. The first-order valence-electron chi connectivity index (χ1n) is 8.56. The van der Waals surface area contributed by atoms with Gasteiger partial charge in [-0.15, -0.1) is 0 Å². The predicted molar refractivity (Wildman–Crippen MR) is 95.4 cm³/mol. The van der Waals surface area contributed by atoms with Gasteiger partial charge in [-0.3, -0.25) is 9.69 Å². The third-order valence-corrected chi connectivity index (χ3v) is 4.37. The number of furan rings is 1. The summed E-state index contributed by atoms with van der Waals surface area (Å²) in [5, 5.41) is 2.75. The normalized spacial score (nSPS) is 15.5. The van der Waals surface area contributed by atoms with E-state index in [9.17, 15) is 4.79 Å². The van der Waals surface area contributed by atoms with E-state index >= 15 is 0 Å². The third-order valence-electron chi connectivity index (χ3n) is 4.37. The monoisotopic (exact) mass is 327 g/mol. The Morgan fingerprint density at radius 1 is 1.08 bits per heavy atom. The average Bonchev–Trinajstić information content (AvgIpc) is 3.05. The molecule has 1 amide bonds. The van der Waals surface area contributed by atoms with Crippen molar-refractivity contribution in [2.75, 3.05) is 37.6 Å². The molecule has 0 unspecified atom stereocenters. The summed E-state index contributed by atoms with van der Waals surface area (Å²) in [6.45, 7) is 9.36. The number of rotatable bonds is 5. The molecule has 0 atom stereocenters. The van der Waals surface area contributed by atoms with Crippen LogP contribution in [0.25, 0.3) is 0 Å². The van der Waals surface area contributed by atoms with E-state index in [1.54, 1.807) is 6.07 Å². The minimum atomic E-state index is -0.145. The van der Waals surface area contributed by atoms with E-state index < -0.39 is 0 Å². The van der Waals surface area contributed by atoms with Gasteiger partial charge in [-0.1, -0.05) is 17.7 Å². The molecule has 128 valence electrons. The molecule has 24 heavy (non-hydrogen) atoms. The highest BCUT2D eigenvalue weighted by molar-refractivity contribution is 5.91. The van der Waals surface area contributed by atoms with E-state index in [1.165, 1.54) is 11.3 Å². The van der Waals surface area contributed by atoms with Gasteiger partial charge in [0.05, 0.1) is 6.54 Å². The summed E-state index contributed by atoms with van der Waals surface area (Å²) in [5.74, 6) is 1.10. The summed E-state index contributed by atoms with van der Waals surface area (Å²) in [6, 6.07) is 12.4. The topological polar surface area (TPSA) is 48.7 Å². The van der Waals surface area contributed by atoms with E-state index in [4.69, 9.17) is 4.42 Å². The molecule has 0 bridgehead atoms. The lowest BCUT2D eigenvalue weighted by molar-refractivity contribution is 0.0924. The molecule has 1 saturated heterocycles. The second kappa shape index (κ2) is 7.53. The van der Waals surface area contributed by atoms with Crippen LogP contribution in [0.3, 0.4) is 0 Å². The fourth-order valence-corrected chi connectivity index (χ4v) is 2.97. The summed E-state index contributed by atoms with van der Waals surface area (Å²) < 4.78 is 5.66. The number of hydrogen-bond acceptors (Lipinski definition) is 4. The molecule has 5 nitrogen and oxygen atoms in total. The van der Waals surface area contributed by atoms with Gasteiger partial charge in [0.25, 0.3) is 5.91 Å². The molecule has 1 aliphatic rings. The van der Waals surface area contributed by atoms with E-state index in [1.807, 2.05) is 13.0 Å². The zero-order chi connectivity index (χ0) is 16.9. The second-order valence-corrected chi connectivity index (χ2v) is 6.22. The van der Waals surface area contributed by atoms with Crippen LogP contribution in [0.5, 0.6) is 0 Å². The Balaban J connectivity index is 1.52. The molecule has 3 rings (SSSR count). The molecule has 0 saturated carbocycles. The summed E-state index contributed by atoms with van der Waals surface area (Å²) in [7, 11) is 0. The molecule has 0 aliphatic carbocycles. The quantitative estimate of drug-likeness (QED) is 0.917. The zero-order valence-corrected chi connectivity index (χ0v) is 14.4. The molecule has 2 aromatic rings. The van der Waals surface area contributed by atoms with Crippen LogP contribution in [0.15, 0.2) is 40.8 Å². The highest BCUT2D eigenvalue weighted by Gasteiger charge is 2.19. The predicted octanol–water partition coefficient (Wildman–Crippen LogP) is 2.66. The van der Waals surface area contributed by atoms with Crippen molar-refractivity contribution in [3.63, 3.8) is 0 Å². The number of nitrogens with zero attached hydrogens (tertiary/aromatic N) is 2. The van der Waals surface area contributed by atoms with Crippen LogP contribution in [-0.2, 0) is 6.54 Å². The molecule has 1 fully saturated rings. The Kier molecular flexibility index (Phi) is 5.20. The minimum absolute atomic E-state index is 0.145. The van der Waals surface area contributed by atoms with E-state index in [2.05, 4.69) is 46.3 Å². The molecular weight excluding hydrogens is 302 g/mol. The Morgan fingerprint density at radius 2 is 1.79 bits per heavy atom. The maximum Gasteiger partial charge on any atom is 0.286 e. The van der Waals surface area contributed by atoms with Crippen LogP contribution >= 0.6 is 0 Å². The number of amides is 1. The van der Waals surface area contributed by atoms with Crippen molar-refractivity contribution < 1.29 is 9.21 Å². The van der Waals surface area contributed by atoms with Gasteiger partial charge in [-0.05, 0) is 38.1 Å². The average molecular weight is 327 g/mol. The second-order valence-electron chi connectivity index (χ2n) is 6.22. The number of carbonyl (C=O) groups is 1. The first-order valence-corrected chi connectivity index (χ1v) is 8.56. The Bertz CT molecular complexity index is 670. The minimum Gasteiger partial charge on any atom is -0.455 e. The van der Waals surface area contributed by atoms with Gasteiger partial charge < -0.3 is 14.6 Å². The maximum atomic E-state index is 11.7. The number of nitrogens with one attached hydrogen (secondary N) is 1. The summed E-state index contributed by atoms with van der Waals surface area (Å²) in [4.78, 5) is 16.5. The molecule has 1 aromatic carbocycles. The lowest BCUT2D eigenvalue weighted by atomic mass is 10.2. The number of aryl methyl sites for hydroxylation is 1. The van der Waals surface area contributed by atoms with Crippen LogP contribution in [0.2, 0.25) is 0 Å². The molecule has 0 spiro atoms. The Morgan fingerprint density at radius 3 is 2.46 bits per heavy atom. The molecular formula is C19H25N3O2. The van der Waals surface area contributed by atoms with Crippen molar-refractivity contribution in [3.05, 3.63) is 53.5 Å². The van der Waals surface area contributed by atoms with Gasteiger partial charge in [0, 0.05) is 38.4 Å². The highest BCUT2D eigenvalue weighted by Crippen LogP contribution is 2.18. The largest absolute Gasteiger partial charge is 0.455 e. The van der Waals surface area contributed by atoms with Gasteiger partial charge in [0.2, 0.25) is 0 Å². The van der Waals surface area contributed by atoms with Gasteiger partial charge in [0.1, 0.15) is 5.76 Å². The smallest absolute Gasteiger partial charge is 0.286 e. The number of benzene rings is 1. The number of hydrogen-bond donors (Lipinski definition) is 1. The number of anilines is 1. The number of piperazine rings is 1. The van der Waals surface area contributed by atoms with Crippen LogP contribution in [0.1, 0.15) is 28.8 Å². The van der Waals surface area contributed by atoms with Crippen molar-refractivity contribution in [2.45, 2.75) is 20.4 Å². The van der Waals surface area contributed by atoms with Crippen molar-refractivity contribution in [3.8, 4) is 0 Å². The summed E-state index contributed by atoms with van der Waals surface area (Å²) in [6.07, 6.45) is 0. The first kappa shape index (κ1) is 16.6. The van der Waals surface area contributed by atoms with Crippen molar-refractivity contribution in [2.24, 2.45) is 0 Å². The lowest BCUT2D eigenvalue weighted by Crippen LogP contribution is -2.45. The number of carbonyl (C=O) groups excluding carboxylic acids is 1. The fraction of sp³-hybridized carbons (Fsp3) is 0.421. The third kappa shape index (κ3) is 3.97. The molecule has 5 heteroatoms. The lowest BCUT2D eigenvalue weighted by Gasteiger charge is -2.35. The SMILES string of the molecule is CCNC(=O)c1ccc(CN2CCN(c3ccc(C)cc3)CC2)o1. The van der Waals surface area contributed by atoms with Gasteiger partial charge in [-0.25, -0.2) is 0 Å². The molecule has 1 aliphatic heterocycles. The molecule has 0 radical (unpaired) electrons. The van der Waals surface area contributed by atoms with E-state index in [0.29, 0.717) is 12.3 Å². The van der Waals surface area contributed by atoms with Crippen molar-refractivity contribution in [1.82, 2.24) is 10.2 Å². The van der Waals surface area contributed by atoms with E-state index in [0.717, 1.165) is 38.5 Å². The van der Waals surface area contributed by atoms with Crippen LogP contribution in [0.4, 0.5) is 5.69 Å². The van der Waals surface area contributed by atoms with E-state index in [-0.39, 0.29) is 5.91 Å². The Labute approximate surface area is 143 Å². The molecule has 1 aromatic heterocycles. The highest BCUT2D eigenvalue weighted by atomic mass is 16.4. The van der Waals surface area contributed by atoms with Gasteiger partial charge >= 0.3 is 0 Å². The summed E-state index contributed by atoms with van der Waals surface area (Å²) >= 11 is 0. The van der Waals surface area contributed by atoms with Crippen LogP contribution in [-0.4, -0.2) is 43.5 Å². The standard InChI is InChI=1S/C19H25N3O2/c1-3-20-19(23)18-9-8-17(24-18)14-21-10-12-22(13-11-21)16-6-4-15(2)5-7-16/h4-9H,3,10-14H2,1-2H3,(H,20,23). The fourth-order valence-electron chi connectivity index (χ4n) is 2.97. The van der Waals surface area contributed by atoms with Gasteiger partial charge in [-0.2, -0.15) is 0 Å². The summed E-state index contributed by atoms with van der Waals surface area (Å²) in [5.41, 5.74) is 2.58. The Hall–Kier alpha value is -2.27. The first-order chi connectivity index (χ1) is 11.7. The van der Waals surface area contributed by atoms with Crippen LogP contribution < -0.4 is 10.2 Å². The molecule has 2 heterocycles. The van der Waals surface area contributed by atoms with Crippen molar-refractivity contribution >= 4 is 11.6 Å². The van der Waals surface area contributed by atoms with Crippen molar-refractivity contribution in [1.29, 1.82) is 0 Å².